The van der Waals surface area contributed by atoms with Crippen LogP contribution in [-0.2, 0) is 14.4 Å². The smallest absolute Gasteiger partial charge is 0.326 e. The fraction of sp³-hybridized carbons (Fsp3) is 0.750. The van der Waals surface area contributed by atoms with Crippen LogP contribution in [0.1, 0.15) is 32.6 Å². The number of amides is 2. The molecule has 19 heavy (non-hydrogen) atoms. The number of hydrogen-bond acceptors (Lipinski definition) is 4. The molecule has 108 valence electrons. The van der Waals surface area contributed by atoms with Crippen molar-refractivity contribution in [1.82, 2.24) is 10.6 Å². The van der Waals surface area contributed by atoms with Gasteiger partial charge in [-0.05, 0) is 32.7 Å². The number of nitrogens with one attached hydrogen (secondary N) is 2. The largest absolute Gasteiger partial charge is 0.480 e. The third-order valence-corrected chi connectivity index (χ3v) is 3.43. The standard InChI is InChI=1S/C12H21N3O4/c1-12(5-2-6-14-7-12)11(19)15-8(10(17)18)3-4-9(13)16/h8,14H,2-7H2,1H3,(H2,13,16)(H,15,19)(H,17,18)/t8-,12?/m0/s1. The number of carbonyl (C=O) groups excluding carboxylic acids is 2. The Morgan fingerprint density at radius 2 is 2.16 bits per heavy atom. The van der Waals surface area contributed by atoms with E-state index in [0.29, 0.717) is 13.0 Å². The van der Waals surface area contributed by atoms with E-state index in [9.17, 15) is 14.4 Å². The molecule has 2 atom stereocenters. The molecule has 0 spiro atoms. The molecule has 0 aromatic rings. The Balaban J connectivity index is 2.59. The second-order valence-corrected chi connectivity index (χ2v) is 5.21. The molecule has 1 unspecified atom stereocenters. The Labute approximate surface area is 111 Å². The van der Waals surface area contributed by atoms with Crippen molar-refractivity contribution < 1.29 is 19.5 Å². The summed E-state index contributed by atoms with van der Waals surface area (Å²) in [5, 5.41) is 14.7. The van der Waals surface area contributed by atoms with Crippen molar-refractivity contribution in [2.24, 2.45) is 11.1 Å². The van der Waals surface area contributed by atoms with Crippen LogP contribution in [-0.4, -0.2) is 42.0 Å². The summed E-state index contributed by atoms with van der Waals surface area (Å²) in [5.41, 5.74) is 4.39. The van der Waals surface area contributed by atoms with Crippen molar-refractivity contribution >= 4 is 17.8 Å². The van der Waals surface area contributed by atoms with Crippen molar-refractivity contribution in [1.29, 1.82) is 0 Å². The fourth-order valence-electron chi connectivity index (χ4n) is 2.13. The molecule has 5 N–H and O–H groups in total. The van der Waals surface area contributed by atoms with Gasteiger partial charge in [0.1, 0.15) is 6.04 Å². The number of nitrogens with two attached hydrogens (primary N) is 1. The molecular formula is C12H21N3O4. The highest BCUT2D eigenvalue weighted by Crippen LogP contribution is 2.25. The topological polar surface area (TPSA) is 122 Å². The summed E-state index contributed by atoms with van der Waals surface area (Å²) in [5.74, 6) is -2.02. The van der Waals surface area contributed by atoms with Gasteiger partial charge in [0.15, 0.2) is 0 Å². The number of hydrogen-bond donors (Lipinski definition) is 4. The van der Waals surface area contributed by atoms with Crippen LogP contribution in [0, 0.1) is 5.41 Å². The number of rotatable bonds is 6. The molecule has 0 saturated carbocycles. The molecule has 1 saturated heterocycles. The quantitative estimate of drug-likeness (QED) is 0.504. The second-order valence-electron chi connectivity index (χ2n) is 5.21. The summed E-state index contributed by atoms with van der Waals surface area (Å²) < 4.78 is 0. The molecule has 7 heteroatoms. The minimum Gasteiger partial charge on any atom is -0.480 e. The van der Waals surface area contributed by atoms with Crippen LogP contribution in [0.4, 0.5) is 0 Å². The molecule has 1 rings (SSSR count). The highest BCUT2D eigenvalue weighted by Gasteiger charge is 2.36. The van der Waals surface area contributed by atoms with Crippen molar-refractivity contribution in [3.05, 3.63) is 0 Å². The van der Waals surface area contributed by atoms with E-state index >= 15 is 0 Å². The van der Waals surface area contributed by atoms with Crippen LogP contribution in [0.15, 0.2) is 0 Å². The van der Waals surface area contributed by atoms with Crippen LogP contribution in [0.5, 0.6) is 0 Å². The van der Waals surface area contributed by atoms with Gasteiger partial charge in [-0.3, -0.25) is 9.59 Å². The van der Waals surface area contributed by atoms with Crippen LogP contribution in [0.2, 0.25) is 0 Å². The molecule has 0 bridgehead atoms. The molecule has 7 nitrogen and oxygen atoms in total. The fourth-order valence-corrected chi connectivity index (χ4v) is 2.13. The first kappa shape index (κ1) is 15.4. The Morgan fingerprint density at radius 3 is 2.63 bits per heavy atom. The predicted octanol–water partition coefficient (Wildman–Crippen LogP) is -0.789. The summed E-state index contributed by atoms with van der Waals surface area (Å²) in [6.45, 7) is 3.20. The molecule has 1 aliphatic heterocycles. The number of aliphatic carboxylic acids is 1. The van der Waals surface area contributed by atoms with Gasteiger partial charge in [0, 0.05) is 13.0 Å². The Hall–Kier alpha value is -1.63. The van der Waals surface area contributed by atoms with Crippen molar-refractivity contribution in [3.8, 4) is 0 Å². The molecule has 0 aromatic heterocycles. The van der Waals surface area contributed by atoms with E-state index in [4.69, 9.17) is 10.8 Å². The molecule has 0 radical (unpaired) electrons. The predicted molar refractivity (Wildman–Crippen MR) is 68.2 cm³/mol. The van der Waals surface area contributed by atoms with E-state index in [1.54, 1.807) is 0 Å². The number of primary amides is 1. The summed E-state index contributed by atoms with van der Waals surface area (Å²) in [6, 6.07) is -1.07. The van der Waals surface area contributed by atoms with Crippen molar-refractivity contribution in [2.75, 3.05) is 13.1 Å². The average Bonchev–Trinajstić information content (AvgIpc) is 2.34. The zero-order valence-corrected chi connectivity index (χ0v) is 11.1. The lowest BCUT2D eigenvalue weighted by Crippen LogP contribution is -2.53. The van der Waals surface area contributed by atoms with E-state index in [2.05, 4.69) is 10.6 Å². The molecule has 0 aromatic carbocycles. The van der Waals surface area contributed by atoms with Crippen LogP contribution in [0.25, 0.3) is 0 Å². The number of carboxylic acid groups (broad SMARTS) is 1. The van der Waals surface area contributed by atoms with Gasteiger partial charge < -0.3 is 21.5 Å². The van der Waals surface area contributed by atoms with Gasteiger partial charge in [0.25, 0.3) is 0 Å². The third kappa shape index (κ3) is 4.51. The second kappa shape index (κ2) is 6.51. The lowest BCUT2D eigenvalue weighted by Gasteiger charge is -2.33. The molecule has 1 aliphatic rings. The first-order valence-electron chi connectivity index (χ1n) is 6.38. The lowest BCUT2D eigenvalue weighted by atomic mass is 9.81. The van der Waals surface area contributed by atoms with E-state index in [-0.39, 0.29) is 18.7 Å². The lowest BCUT2D eigenvalue weighted by molar-refractivity contribution is -0.144. The molecule has 1 heterocycles. The number of carboxylic acids is 1. The Kier molecular flexibility index (Phi) is 5.29. The summed E-state index contributed by atoms with van der Waals surface area (Å²) >= 11 is 0. The van der Waals surface area contributed by atoms with Gasteiger partial charge in [0.05, 0.1) is 5.41 Å². The highest BCUT2D eigenvalue weighted by atomic mass is 16.4. The van der Waals surface area contributed by atoms with Crippen LogP contribution >= 0.6 is 0 Å². The molecule has 2 amide bonds. The van der Waals surface area contributed by atoms with Gasteiger partial charge in [0.2, 0.25) is 11.8 Å². The zero-order chi connectivity index (χ0) is 14.5. The van der Waals surface area contributed by atoms with Crippen LogP contribution < -0.4 is 16.4 Å². The van der Waals surface area contributed by atoms with E-state index in [0.717, 1.165) is 13.0 Å². The maximum atomic E-state index is 12.1. The number of carbonyl (C=O) groups is 3. The van der Waals surface area contributed by atoms with E-state index < -0.39 is 23.3 Å². The summed E-state index contributed by atoms with van der Waals surface area (Å²) in [7, 11) is 0. The summed E-state index contributed by atoms with van der Waals surface area (Å²) in [6.07, 6.45) is 1.54. The minimum absolute atomic E-state index is 0.0138. The Morgan fingerprint density at radius 1 is 1.47 bits per heavy atom. The highest BCUT2D eigenvalue weighted by molar-refractivity contribution is 5.87. The van der Waals surface area contributed by atoms with Gasteiger partial charge >= 0.3 is 5.97 Å². The van der Waals surface area contributed by atoms with Gasteiger partial charge in [-0.1, -0.05) is 0 Å². The molecular weight excluding hydrogens is 250 g/mol. The monoisotopic (exact) mass is 271 g/mol. The minimum atomic E-state index is -1.15. The first-order valence-corrected chi connectivity index (χ1v) is 6.38. The molecule has 1 fully saturated rings. The maximum Gasteiger partial charge on any atom is 0.326 e. The van der Waals surface area contributed by atoms with E-state index in [1.807, 2.05) is 6.92 Å². The number of piperidine rings is 1. The van der Waals surface area contributed by atoms with Crippen molar-refractivity contribution in [2.45, 2.75) is 38.6 Å². The SMILES string of the molecule is CC1(C(=O)N[C@@H](CCC(N)=O)C(=O)O)CCCNC1. The maximum absolute atomic E-state index is 12.1. The van der Waals surface area contributed by atoms with Gasteiger partial charge in [-0.15, -0.1) is 0 Å². The van der Waals surface area contributed by atoms with Gasteiger partial charge in [-0.2, -0.15) is 0 Å². The van der Waals surface area contributed by atoms with Crippen molar-refractivity contribution in [3.63, 3.8) is 0 Å². The zero-order valence-electron chi connectivity index (χ0n) is 11.1. The Bertz CT molecular complexity index is 364. The van der Waals surface area contributed by atoms with Gasteiger partial charge in [-0.25, -0.2) is 4.79 Å². The third-order valence-electron chi connectivity index (χ3n) is 3.43. The van der Waals surface area contributed by atoms with E-state index in [1.165, 1.54) is 0 Å². The van der Waals surface area contributed by atoms with Crippen LogP contribution in [0.3, 0.4) is 0 Å². The first-order chi connectivity index (χ1) is 8.85. The molecule has 0 aliphatic carbocycles. The average molecular weight is 271 g/mol. The normalized spacial score (nSPS) is 24.5. The summed E-state index contributed by atoms with van der Waals surface area (Å²) in [4.78, 5) is 33.9.